The van der Waals surface area contributed by atoms with Crippen LogP contribution >= 0.6 is 0 Å². The van der Waals surface area contributed by atoms with Crippen LogP contribution in [0.3, 0.4) is 0 Å². The number of benzene rings is 1. The largest absolute Gasteiger partial charge is 0.327 e. The summed E-state index contributed by atoms with van der Waals surface area (Å²) >= 11 is 0. The van der Waals surface area contributed by atoms with Crippen LogP contribution in [0.1, 0.15) is 57.9 Å². The van der Waals surface area contributed by atoms with Gasteiger partial charge in [0.2, 0.25) is 0 Å². The summed E-state index contributed by atoms with van der Waals surface area (Å²) in [6.45, 7) is 5.26. The molecule has 4 nitrogen and oxygen atoms in total. The summed E-state index contributed by atoms with van der Waals surface area (Å²) in [5, 5.41) is 8.84. The number of anilines is 1. The van der Waals surface area contributed by atoms with Crippen molar-refractivity contribution in [2.45, 2.75) is 52.4 Å². The molecule has 0 bridgehead atoms. The van der Waals surface area contributed by atoms with Crippen molar-refractivity contribution < 1.29 is 4.79 Å². The van der Waals surface area contributed by atoms with Gasteiger partial charge in [-0.05, 0) is 43.0 Å². The molecule has 1 aromatic carbocycles. The molecule has 0 fully saturated rings. The summed E-state index contributed by atoms with van der Waals surface area (Å²) in [5.74, 6) is 0.791. The van der Waals surface area contributed by atoms with Crippen molar-refractivity contribution in [3.05, 3.63) is 29.8 Å². The van der Waals surface area contributed by atoms with Gasteiger partial charge in [-0.1, -0.05) is 39.5 Å². The van der Waals surface area contributed by atoms with E-state index < -0.39 is 0 Å². The number of carbonyl (C=O) groups is 1. The van der Waals surface area contributed by atoms with E-state index in [-0.39, 0.29) is 6.03 Å². The van der Waals surface area contributed by atoms with Gasteiger partial charge in [-0.2, -0.15) is 5.26 Å². The molecule has 0 aliphatic carbocycles. The van der Waals surface area contributed by atoms with Crippen molar-refractivity contribution >= 4 is 11.7 Å². The highest BCUT2D eigenvalue weighted by molar-refractivity contribution is 5.91. The summed E-state index contributed by atoms with van der Waals surface area (Å²) in [7, 11) is 3.63. The van der Waals surface area contributed by atoms with Crippen LogP contribution in [-0.2, 0) is 0 Å². The molecule has 132 valence electrons. The molecule has 0 saturated carbocycles. The standard InChI is InChI=1S/C20H31N3O/c1-5-8-17(9-6-2)10-7-15-22(3)20(24)23(4)19-13-11-18(16-21)12-14-19/h11-14,17H,5-10,15H2,1-4H3. The molecule has 2 amide bonds. The number of nitriles is 1. The minimum atomic E-state index is -0.0118. The minimum absolute atomic E-state index is 0.0118. The molecule has 4 heteroatoms. The van der Waals surface area contributed by atoms with Gasteiger partial charge in [-0.15, -0.1) is 0 Å². The summed E-state index contributed by atoms with van der Waals surface area (Å²) in [5.41, 5.74) is 1.41. The van der Waals surface area contributed by atoms with Gasteiger partial charge in [-0.3, -0.25) is 4.90 Å². The summed E-state index contributed by atoms with van der Waals surface area (Å²) in [6.07, 6.45) is 7.29. The first-order chi connectivity index (χ1) is 11.5. The van der Waals surface area contributed by atoms with Crippen molar-refractivity contribution in [3.63, 3.8) is 0 Å². The fourth-order valence-electron chi connectivity index (χ4n) is 3.09. The molecule has 0 aromatic heterocycles. The highest BCUT2D eigenvalue weighted by Gasteiger charge is 2.16. The maximum absolute atomic E-state index is 12.5. The maximum atomic E-state index is 12.5. The van der Waals surface area contributed by atoms with Crippen LogP contribution < -0.4 is 4.90 Å². The van der Waals surface area contributed by atoms with Gasteiger partial charge in [0.05, 0.1) is 11.6 Å². The lowest BCUT2D eigenvalue weighted by molar-refractivity contribution is 0.214. The molecule has 0 radical (unpaired) electrons. The quantitative estimate of drug-likeness (QED) is 0.637. The fourth-order valence-corrected chi connectivity index (χ4v) is 3.09. The number of hydrogen-bond donors (Lipinski definition) is 0. The molecule has 0 unspecified atom stereocenters. The van der Waals surface area contributed by atoms with Gasteiger partial charge in [0.15, 0.2) is 0 Å². The van der Waals surface area contributed by atoms with Crippen molar-refractivity contribution in [3.8, 4) is 6.07 Å². The highest BCUT2D eigenvalue weighted by atomic mass is 16.2. The summed E-state index contributed by atoms with van der Waals surface area (Å²) in [4.78, 5) is 15.9. The monoisotopic (exact) mass is 329 g/mol. The molecule has 0 aliphatic rings. The Kier molecular flexibility index (Phi) is 8.93. The van der Waals surface area contributed by atoms with E-state index >= 15 is 0 Å². The summed E-state index contributed by atoms with van der Waals surface area (Å²) in [6, 6.07) is 9.17. The number of nitrogens with zero attached hydrogens (tertiary/aromatic N) is 3. The first-order valence-corrected chi connectivity index (χ1v) is 9.02. The molecule has 24 heavy (non-hydrogen) atoms. The Morgan fingerprint density at radius 2 is 1.67 bits per heavy atom. The van der Waals surface area contributed by atoms with Crippen LogP contribution in [0.25, 0.3) is 0 Å². The molecule has 0 saturated heterocycles. The minimum Gasteiger partial charge on any atom is -0.327 e. The maximum Gasteiger partial charge on any atom is 0.323 e. The Hall–Kier alpha value is -2.02. The zero-order valence-corrected chi connectivity index (χ0v) is 15.6. The predicted octanol–water partition coefficient (Wildman–Crippen LogP) is 5.04. The first kappa shape index (κ1) is 20.0. The second-order valence-corrected chi connectivity index (χ2v) is 6.51. The van der Waals surface area contributed by atoms with E-state index in [1.165, 1.54) is 32.1 Å². The molecule has 1 rings (SSSR count). The fraction of sp³-hybridized carbons (Fsp3) is 0.600. The van der Waals surface area contributed by atoms with Crippen LogP contribution in [0.15, 0.2) is 24.3 Å². The number of amides is 2. The normalized spacial score (nSPS) is 10.5. The molecule has 0 N–H and O–H groups in total. The number of urea groups is 1. The Bertz CT molecular complexity index is 527. The van der Waals surface area contributed by atoms with E-state index in [1.54, 1.807) is 29.0 Å². The smallest absolute Gasteiger partial charge is 0.323 e. The Morgan fingerprint density at radius 1 is 1.08 bits per heavy atom. The lowest BCUT2D eigenvalue weighted by Crippen LogP contribution is -2.39. The highest BCUT2D eigenvalue weighted by Crippen LogP contribution is 2.20. The average molecular weight is 329 g/mol. The van der Waals surface area contributed by atoms with Gasteiger partial charge < -0.3 is 4.90 Å². The van der Waals surface area contributed by atoms with Crippen LogP contribution in [0.5, 0.6) is 0 Å². The first-order valence-electron chi connectivity index (χ1n) is 9.02. The van der Waals surface area contributed by atoms with E-state index in [0.29, 0.717) is 5.56 Å². The Labute approximate surface area is 147 Å². The number of rotatable bonds is 9. The van der Waals surface area contributed by atoms with Gasteiger partial charge in [0.25, 0.3) is 0 Å². The second-order valence-electron chi connectivity index (χ2n) is 6.51. The van der Waals surface area contributed by atoms with E-state index in [0.717, 1.165) is 24.6 Å². The Morgan fingerprint density at radius 3 is 2.17 bits per heavy atom. The third-order valence-corrected chi connectivity index (χ3v) is 4.50. The summed E-state index contributed by atoms with van der Waals surface area (Å²) < 4.78 is 0. The number of hydrogen-bond acceptors (Lipinski definition) is 2. The third-order valence-electron chi connectivity index (χ3n) is 4.50. The lowest BCUT2D eigenvalue weighted by Gasteiger charge is -2.25. The third kappa shape index (κ3) is 6.23. The van der Waals surface area contributed by atoms with Crippen LogP contribution in [0.4, 0.5) is 10.5 Å². The van der Waals surface area contributed by atoms with Gasteiger partial charge >= 0.3 is 6.03 Å². The molecular weight excluding hydrogens is 298 g/mol. The van der Waals surface area contributed by atoms with Crippen LogP contribution in [-0.4, -0.2) is 31.6 Å². The van der Waals surface area contributed by atoms with Gasteiger partial charge in [0, 0.05) is 26.3 Å². The second kappa shape index (κ2) is 10.7. The predicted molar refractivity (Wildman–Crippen MR) is 100 cm³/mol. The topological polar surface area (TPSA) is 47.3 Å². The molecule has 0 heterocycles. The van der Waals surface area contributed by atoms with Gasteiger partial charge in [-0.25, -0.2) is 4.79 Å². The van der Waals surface area contributed by atoms with Crippen molar-refractivity contribution in [1.29, 1.82) is 5.26 Å². The molecule has 0 aliphatic heterocycles. The van der Waals surface area contributed by atoms with E-state index in [4.69, 9.17) is 5.26 Å². The Balaban J connectivity index is 2.49. The van der Waals surface area contributed by atoms with Gasteiger partial charge in [0.1, 0.15) is 0 Å². The number of carbonyl (C=O) groups excluding carboxylic acids is 1. The molecule has 0 atom stereocenters. The van der Waals surface area contributed by atoms with E-state index in [9.17, 15) is 4.79 Å². The van der Waals surface area contributed by atoms with Crippen molar-refractivity contribution in [2.75, 3.05) is 25.5 Å². The zero-order valence-electron chi connectivity index (χ0n) is 15.6. The SMILES string of the molecule is CCCC(CCC)CCCN(C)C(=O)N(C)c1ccc(C#N)cc1. The van der Waals surface area contributed by atoms with E-state index in [1.807, 2.05) is 19.2 Å². The van der Waals surface area contributed by atoms with Crippen molar-refractivity contribution in [1.82, 2.24) is 4.90 Å². The van der Waals surface area contributed by atoms with Crippen LogP contribution in [0.2, 0.25) is 0 Å². The zero-order chi connectivity index (χ0) is 17.9. The molecule has 1 aromatic rings. The lowest BCUT2D eigenvalue weighted by atomic mass is 9.93. The average Bonchev–Trinajstić information content (AvgIpc) is 2.60. The van der Waals surface area contributed by atoms with E-state index in [2.05, 4.69) is 19.9 Å². The molecule has 0 spiro atoms. The molecular formula is C20H31N3O. The van der Waals surface area contributed by atoms with Crippen molar-refractivity contribution in [2.24, 2.45) is 5.92 Å². The van der Waals surface area contributed by atoms with Crippen LogP contribution in [0, 0.1) is 17.2 Å².